The molecular weight excluding hydrogens is 184 g/mol. The summed E-state index contributed by atoms with van der Waals surface area (Å²) >= 11 is 0. The van der Waals surface area contributed by atoms with Crippen molar-refractivity contribution in [2.45, 2.75) is 27.7 Å². The number of aryl methyl sites for hydroxylation is 1. The average molecular weight is 202 g/mol. The smallest absolute Gasteiger partial charge is 0.116 e. The zero-order chi connectivity index (χ0) is 11.3. The number of allylic oxidation sites excluding steroid dienone is 2. The van der Waals surface area contributed by atoms with Gasteiger partial charge in [-0.25, -0.2) is 9.97 Å². The van der Waals surface area contributed by atoms with Crippen molar-refractivity contribution in [2.75, 3.05) is 0 Å². The fraction of sp³-hybridized carbons (Fsp3) is 0.385. The van der Waals surface area contributed by atoms with Crippen LogP contribution in [0.2, 0.25) is 0 Å². The topological polar surface area (TPSA) is 25.8 Å². The Morgan fingerprint density at radius 3 is 2.47 bits per heavy atom. The lowest BCUT2D eigenvalue weighted by Gasteiger charge is -2.00. The number of hydrogen-bond acceptors (Lipinski definition) is 2. The van der Waals surface area contributed by atoms with E-state index >= 15 is 0 Å². The molecule has 2 heteroatoms. The highest BCUT2D eigenvalue weighted by molar-refractivity contribution is 5.66. The fourth-order valence-corrected chi connectivity index (χ4v) is 1.40. The van der Waals surface area contributed by atoms with E-state index in [1.54, 1.807) is 6.33 Å². The van der Waals surface area contributed by atoms with E-state index in [0.717, 1.165) is 17.0 Å². The maximum absolute atomic E-state index is 4.23. The summed E-state index contributed by atoms with van der Waals surface area (Å²) in [6, 6.07) is 0. The van der Waals surface area contributed by atoms with Crippen LogP contribution in [0.25, 0.3) is 12.2 Å². The molecule has 0 aliphatic heterocycles. The van der Waals surface area contributed by atoms with E-state index in [0.29, 0.717) is 5.92 Å². The Bertz CT molecular complexity index is 378. The Labute approximate surface area is 91.8 Å². The lowest BCUT2D eigenvalue weighted by atomic mass is 10.1. The maximum atomic E-state index is 4.23. The van der Waals surface area contributed by atoms with Gasteiger partial charge in [-0.05, 0) is 18.9 Å². The molecule has 0 bridgehead atoms. The molecule has 80 valence electrons. The Kier molecular flexibility index (Phi) is 4.22. The molecule has 0 radical (unpaired) electrons. The molecule has 1 aromatic rings. The average Bonchev–Trinajstić information content (AvgIpc) is 2.45. The number of fused-ring (bicyclic) bond motifs is 1. The van der Waals surface area contributed by atoms with Gasteiger partial charge in [0.15, 0.2) is 0 Å². The minimum atomic E-state index is 0.480. The van der Waals surface area contributed by atoms with Crippen molar-refractivity contribution in [2.24, 2.45) is 5.92 Å². The third kappa shape index (κ3) is 2.75. The van der Waals surface area contributed by atoms with Crippen LogP contribution in [0.3, 0.4) is 0 Å². The molecule has 1 heterocycles. The first-order valence-corrected chi connectivity index (χ1v) is 5.45. The first-order valence-electron chi connectivity index (χ1n) is 5.45. The van der Waals surface area contributed by atoms with Crippen molar-refractivity contribution < 1.29 is 0 Å². The molecule has 0 saturated carbocycles. The van der Waals surface area contributed by atoms with Gasteiger partial charge in [0.05, 0.1) is 5.69 Å². The van der Waals surface area contributed by atoms with Crippen LogP contribution < -0.4 is 0 Å². The predicted molar refractivity (Wildman–Crippen MR) is 65.3 cm³/mol. The summed E-state index contributed by atoms with van der Waals surface area (Å²) in [6.45, 7) is 8.16. The summed E-state index contributed by atoms with van der Waals surface area (Å²) in [7, 11) is 0. The van der Waals surface area contributed by atoms with Crippen LogP contribution in [0.1, 0.15) is 37.7 Å². The van der Waals surface area contributed by atoms with Gasteiger partial charge in [-0.15, -0.1) is 0 Å². The Balaban J connectivity index is 0.000000531. The highest BCUT2D eigenvalue weighted by Gasteiger charge is 2.05. The summed E-state index contributed by atoms with van der Waals surface area (Å²) in [5, 5.41) is 0. The van der Waals surface area contributed by atoms with Crippen LogP contribution in [0.4, 0.5) is 0 Å². The van der Waals surface area contributed by atoms with E-state index in [1.807, 2.05) is 20.8 Å². The van der Waals surface area contributed by atoms with E-state index in [-0.39, 0.29) is 0 Å². The number of rotatable bonds is 0. The first kappa shape index (κ1) is 11.6. The molecule has 0 amide bonds. The Hall–Kier alpha value is -1.44. The Morgan fingerprint density at radius 1 is 1.07 bits per heavy atom. The van der Waals surface area contributed by atoms with E-state index in [1.165, 1.54) is 0 Å². The largest absolute Gasteiger partial charge is 0.241 e. The van der Waals surface area contributed by atoms with Crippen molar-refractivity contribution in [3.05, 3.63) is 35.4 Å². The number of nitrogens with zero attached hydrogens (tertiary/aromatic N) is 2. The third-order valence-corrected chi connectivity index (χ3v) is 2.24. The van der Waals surface area contributed by atoms with E-state index < -0.39 is 0 Å². The van der Waals surface area contributed by atoms with Gasteiger partial charge in [-0.1, -0.05) is 39.0 Å². The minimum Gasteiger partial charge on any atom is -0.241 e. The van der Waals surface area contributed by atoms with Crippen LogP contribution >= 0.6 is 0 Å². The molecule has 0 saturated heterocycles. The lowest BCUT2D eigenvalue weighted by Crippen LogP contribution is -1.92. The zero-order valence-corrected chi connectivity index (χ0v) is 9.86. The number of aromatic nitrogens is 2. The van der Waals surface area contributed by atoms with Crippen molar-refractivity contribution >= 4 is 12.2 Å². The molecule has 0 aromatic carbocycles. The summed E-state index contributed by atoms with van der Waals surface area (Å²) in [5.41, 5.74) is 3.20. The second-order valence-corrected chi connectivity index (χ2v) is 3.34. The van der Waals surface area contributed by atoms with Crippen molar-refractivity contribution in [1.29, 1.82) is 0 Å². The van der Waals surface area contributed by atoms with Gasteiger partial charge in [0.2, 0.25) is 0 Å². The second kappa shape index (κ2) is 5.44. The van der Waals surface area contributed by atoms with E-state index in [9.17, 15) is 0 Å². The zero-order valence-electron chi connectivity index (χ0n) is 9.86. The van der Waals surface area contributed by atoms with Crippen LogP contribution in [-0.2, 0) is 0 Å². The monoisotopic (exact) mass is 202 g/mol. The van der Waals surface area contributed by atoms with Crippen molar-refractivity contribution in [3.8, 4) is 0 Å². The summed E-state index contributed by atoms with van der Waals surface area (Å²) in [4.78, 5) is 8.39. The summed E-state index contributed by atoms with van der Waals surface area (Å²) in [6.07, 6.45) is 10.1. The normalized spacial score (nSPS) is 17.5. The highest BCUT2D eigenvalue weighted by Crippen LogP contribution is 2.18. The van der Waals surface area contributed by atoms with Crippen LogP contribution in [0.5, 0.6) is 0 Å². The molecule has 0 fully saturated rings. The molecule has 1 aliphatic carbocycles. The quantitative estimate of drug-likeness (QED) is 0.643. The van der Waals surface area contributed by atoms with Gasteiger partial charge in [-0.3, -0.25) is 0 Å². The first-order chi connectivity index (χ1) is 7.27. The standard InChI is InChI=1S/C11H12N2.C2H6/c1-8-3-5-10-9(2)12-7-13-11(10)6-4-8;1-2/h3-8H,1-2H3;1-2H3. The second-order valence-electron chi connectivity index (χ2n) is 3.34. The van der Waals surface area contributed by atoms with Gasteiger partial charge >= 0.3 is 0 Å². The lowest BCUT2D eigenvalue weighted by molar-refractivity contribution is 0.953. The molecule has 0 N–H and O–H groups in total. The third-order valence-electron chi connectivity index (χ3n) is 2.24. The van der Waals surface area contributed by atoms with Crippen LogP contribution in [0, 0.1) is 12.8 Å². The molecule has 0 spiro atoms. The molecule has 2 rings (SSSR count). The number of hydrogen-bond donors (Lipinski definition) is 0. The molecule has 1 aliphatic rings. The minimum absolute atomic E-state index is 0.480. The molecule has 1 atom stereocenters. The van der Waals surface area contributed by atoms with Crippen LogP contribution in [-0.4, -0.2) is 9.97 Å². The molecular formula is C13H18N2. The van der Waals surface area contributed by atoms with Gasteiger partial charge in [0.25, 0.3) is 0 Å². The van der Waals surface area contributed by atoms with Gasteiger partial charge in [-0.2, -0.15) is 0 Å². The molecule has 2 nitrogen and oxygen atoms in total. The van der Waals surface area contributed by atoms with Gasteiger partial charge in [0.1, 0.15) is 6.33 Å². The van der Waals surface area contributed by atoms with E-state index in [2.05, 4.69) is 41.2 Å². The van der Waals surface area contributed by atoms with Crippen LogP contribution in [0.15, 0.2) is 18.5 Å². The van der Waals surface area contributed by atoms with Gasteiger partial charge < -0.3 is 0 Å². The molecule has 1 aromatic heterocycles. The van der Waals surface area contributed by atoms with Crippen molar-refractivity contribution in [1.82, 2.24) is 9.97 Å². The molecule has 15 heavy (non-hydrogen) atoms. The summed E-state index contributed by atoms with van der Waals surface area (Å²) in [5.74, 6) is 0.480. The SMILES string of the molecule is CC.Cc1ncnc2c1C=CC(C)C=C2. The summed E-state index contributed by atoms with van der Waals surface area (Å²) < 4.78 is 0. The highest BCUT2D eigenvalue weighted by atomic mass is 14.8. The fourth-order valence-electron chi connectivity index (χ4n) is 1.40. The van der Waals surface area contributed by atoms with Gasteiger partial charge in [0, 0.05) is 11.3 Å². The van der Waals surface area contributed by atoms with Crippen molar-refractivity contribution in [3.63, 3.8) is 0 Å². The molecule has 1 unspecified atom stereocenters. The predicted octanol–water partition coefficient (Wildman–Crippen LogP) is 3.49. The van der Waals surface area contributed by atoms with E-state index in [4.69, 9.17) is 0 Å². The maximum Gasteiger partial charge on any atom is 0.116 e. The Morgan fingerprint density at radius 2 is 1.73 bits per heavy atom.